The smallest absolute Gasteiger partial charge is 0.0726 e. The fourth-order valence-corrected chi connectivity index (χ4v) is 3.04. The summed E-state index contributed by atoms with van der Waals surface area (Å²) >= 11 is 0. The molecule has 106 valence electrons. The summed E-state index contributed by atoms with van der Waals surface area (Å²) in [6, 6.07) is 11.1. The second kappa shape index (κ2) is 5.80. The van der Waals surface area contributed by atoms with E-state index in [0.717, 1.165) is 30.5 Å². The third kappa shape index (κ3) is 2.63. The van der Waals surface area contributed by atoms with Crippen molar-refractivity contribution in [2.75, 3.05) is 12.4 Å². The summed E-state index contributed by atoms with van der Waals surface area (Å²) in [5.74, 6) is 0. The number of hydrogen-bond donors (Lipinski definition) is 1. The SMILES string of the molecule is CCc1cc(NC2CCC(OC)C2)c2ccccc2n1. The van der Waals surface area contributed by atoms with Crippen molar-refractivity contribution in [3.63, 3.8) is 0 Å². The fourth-order valence-electron chi connectivity index (χ4n) is 3.04. The van der Waals surface area contributed by atoms with Crippen LogP contribution in [0.4, 0.5) is 5.69 Å². The molecule has 3 rings (SSSR count). The molecule has 3 heteroatoms. The zero-order valence-corrected chi connectivity index (χ0v) is 12.2. The molecule has 1 saturated carbocycles. The van der Waals surface area contributed by atoms with Crippen molar-refractivity contribution in [2.24, 2.45) is 0 Å². The number of nitrogens with zero attached hydrogens (tertiary/aromatic N) is 1. The van der Waals surface area contributed by atoms with Crippen LogP contribution < -0.4 is 5.32 Å². The van der Waals surface area contributed by atoms with Crippen LogP contribution in [0.2, 0.25) is 0 Å². The Hall–Kier alpha value is -1.61. The first-order chi connectivity index (χ1) is 9.80. The van der Waals surface area contributed by atoms with E-state index in [1.807, 2.05) is 7.11 Å². The summed E-state index contributed by atoms with van der Waals surface area (Å²) < 4.78 is 5.46. The molecule has 0 aliphatic heterocycles. The number of methoxy groups -OCH3 is 1. The van der Waals surface area contributed by atoms with Gasteiger partial charge in [0.25, 0.3) is 0 Å². The molecule has 1 heterocycles. The van der Waals surface area contributed by atoms with Gasteiger partial charge in [0.05, 0.1) is 11.6 Å². The van der Waals surface area contributed by atoms with Gasteiger partial charge in [-0.05, 0) is 37.8 Å². The van der Waals surface area contributed by atoms with E-state index in [0.29, 0.717) is 12.1 Å². The van der Waals surface area contributed by atoms with Gasteiger partial charge in [0.1, 0.15) is 0 Å². The Labute approximate surface area is 120 Å². The molecule has 1 N–H and O–H groups in total. The van der Waals surface area contributed by atoms with Crippen LogP contribution in [0, 0.1) is 0 Å². The van der Waals surface area contributed by atoms with E-state index in [-0.39, 0.29) is 0 Å². The maximum Gasteiger partial charge on any atom is 0.0726 e. The van der Waals surface area contributed by atoms with Gasteiger partial charge in [0.2, 0.25) is 0 Å². The van der Waals surface area contributed by atoms with Crippen molar-refractivity contribution in [1.82, 2.24) is 4.98 Å². The van der Waals surface area contributed by atoms with E-state index in [1.54, 1.807) is 0 Å². The van der Waals surface area contributed by atoms with E-state index in [2.05, 4.69) is 42.6 Å². The number of hydrogen-bond acceptors (Lipinski definition) is 3. The van der Waals surface area contributed by atoms with Gasteiger partial charge in [-0.1, -0.05) is 25.1 Å². The maximum atomic E-state index is 5.46. The van der Waals surface area contributed by atoms with Crippen molar-refractivity contribution >= 4 is 16.6 Å². The molecule has 1 aliphatic carbocycles. The summed E-state index contributed by atoms with van der Waals surface area (Å²) in [7, 11) is 1.81. The van der Waals surface area contributed by atoms with Crippen LogP contribution in [0.1, 0.15) is 31.9 Å². The Bertz CT molecular complexity index is 597. The number of rotatable bonds is 4. The van der Waals surface area contributed by atoms with Crippen LogP contribution in [0.3, 0.4) is 0 Å². The predicted octanol–water partition coefficient (Wildman–Crippen LogP) is 3.78. The molecule has 3 nitrogen and oxygen atoms in total. The molecule has 2 atom stereocenters. The molecule has 1 aromatic carbocycles. The van der Waals surface area contributed by atoms with E-state index < -0.39 is 0 Å². The number of aromatic nitrogens is 1. The van der Waals surface area contributed by atoms with Crippen molar-refractivity contribution < 1.29 is 4.74 Å². The topological polar surface area (TPSA) is 34.1 Å². The zero-order chi connectivity index (χ0) is 13.9. The van der Waals surface area contributed by atoms with Gasteiger partial charge >= 0.3 is 0 Å². The summed E-state index contributed by atoms with van der Waals surface area (Å²) in [5, 5.41) is 4.92. The highest BCUT2D eigenvalue weighted by Gasteiger charge is 2.24. The van der Waals surface area contributed by atoms with Crippen molar-refractivity contribution in [2.45, 2.75) is 44.8 Å². The third-order valence-corrected chi connectivity index (χ3v) is 4.21. The average Bonchev–Trinajstić information content (AvgIpc) is 2.94. The normalized spacial score (nSPS) is 22.3. The number of ether oxygens (including phenoxy) is 1. The molecule has 0 radical (unpaired) electrons. The Kier molecular flexibility index (Phi) is 3.88. The van der Waals surface area contributed by atoms with E-state index in [4.69, 9.17) is 9.72 Å². The molecular weight excluding hydrogens is 248 g/mol. The minimum Gasteiger partial charge on any atom is -0.382 e. The van der Waals surface area contributed by atoms with Crippen molar-refractivity contribution in [3.8, 4) is 0 Å². The van der Waals surface area contributed by atoms with Crippen molar-refractivity contribution in [3.05, 3.63) is 36.0 Å². The number of nitrogens with one attached hydrogen (secondary N) is 1. The number of anilines is 1. The molecule has 2 unspecified atom stereocenters. The third-order valence-electron chi connectivity index (χ3n) is 4.21. The minimum absolute atomic E-state index is 0.409. The van der Waals surface area contributed by atoms with Crippen LogP contribution >= 0.6 is 0 Å². The lowest BCUT2D eigenvalue weighted by atomic mass is 10.1. The Morgan fingerprint density at radius 1 is 1.30 bits per heavy atom. The summed E-state index contributed by atoms with van der Waals surface area (Å²) in [4.78, 5) is 4.70. The summed E-state index contributed by atoms with van der Waals surface area (Å²) in [5.41, 5.74) is 3.44. The van der Waals surface area contributed by atoms with Crippen molar-refractivity contribution in [1.29, 1.82) is 0 Å². The minimum atomic E-state index is 0.409. The van der Waals surface area contributed by atoms with E-state index in [9.17, 15) is 0 Å². The zero-order valence-electron chi connectivity index (χ0n) is 12.2. The van der Waals surface area contributed by atoms with Gasteiger partial charge < -0.3 is 10.1 Å². The molecule has 0 amide bonds. The highest BCUT2D eigenvalue weighted by atomic mass is 16.5. The highest BCUT2D eigenvalue weighted by Crippen LogP contribution is 2.29. The van der Waals surface area contributed by atoms with E-state index in [1.165, 1.54) is 17.5 Å². The van der Waals surface area contributed by atoms with Crippen LogP contribution in [-0.4, -0.2) is 24.2 Å². The van der Waals surface area contributed by atoms with Crippen LogP contribution in [0.15, 0.2) is 30.3 Å². The predicted molar refractivity (Wildman–Crippen MR) is 83.2 cm³/mol. The molecule has 0 bridgehead atoms. The Morgan fingerprint density at radius 3 is 2.90 bits per heavy atom. The number of para-hydroxylation sites is 1. The van der Waals surface area contributed by atoms with Gasteiger partial charge in [0.15, 0.2) is 0 Å². The van der Waals surface area contributed by atoms with Gasteiger partial charge in [-0.3, -0.25) is 4.98 Å². The molecule has 1 fully saturated rings. The van der Waals surface area contributed by atoms with Crippen LogP contribution in [0.25, 0.3) is 10.9 Å². The lowest BCUT2D eigenvalue weighted by molar-refractivity contribution is 0.108. The average molecular weight is 270 g/mol. The first-order valence-electron chi connectivity index (χ1n) is 7.48. The molecule has 1 aromatic heterocycles. The van der Waals surface area contributed by atoms with Gasteiger partial charge in [0, 0.05) is 29.9 Å². The Balaban J connectivity index is 1.90. The number of aryl methyl sites for hydroxylation is 1. The first-order valence-corrected chi connectivity index (χ1v) is 7.48. The summed E-state index contributed by atoms with van der Waals surface area (Å²) in [6.07, 6.45) is 4.79. The quantitative estimate of drug-likeness (QED) is 0.918. The lowest BCUT2D eigenvalue weighted by Gasteiger charge is -2.17. The molecule has 20 heavy (non-hydrogen) atoms. The molecule has 0 spiro atoms. The van der Waals surface area contributed by atoms with Crippen LogP contribution in [0.5, 0.6) is 0 Å². The number of benzene rings is 1. The largest absolute Gasteiger partial charge is 0.382 e. The molecule has 0 saturated heterocycles. The maximum absolute atomic E-state index is 5.46. The highest BCUT2D eigenvalue weighted by molar-refractivity contribution is 5.91. The molecular formula is C17H22N2O. The Morgan fingerprint density at radius 2 is 2.15 bits per heavy atom. The first kappa shape index (κ1) is 13.4. The second-order valence-electron chi connectivity index (χ2n) is 5.54. The summed E-state index contributed by atoms with van der Waals surface area (Å²) in [6.45, 7) is 2.15. The van der Waals surface area contributed by atoms with Crippen LogP contribution in [-0.2, 0) is 11.2 Å². The second-order valence-corrected chi connectivity index (χ2v) is 5.54. The molecule has 1 aliphatic rings. The molecule has 2 aromatic rings. The fraction of sp³-hybridized carbons (Fsp3) is 0.471. The van der Waals surface area contributed by atoms with Gasteiger partial charge in [-0.25, -0.2) is 0 Å². The monoisotopic (exact) mass is 270 g/mol. The van der Waals surface area contributed by atoms with Gasteiger partial charge in [-0.2, -0.15) is 0 Å². The standard InChI is InChI=1S/C17H22N2O/c1-3-12-11-17(15-6-4-5-7-16(15)18-12)19-13-8-9-14(10-13)20-2/h4-7,11,13-14H,3,8-10H2,1-2H3,(H,18,19). The van der Waals surface area contributed by atoms with Gasteiger partial charge in [-0.15, -0.1) is 0 Å². The van der Waals surface area contributed by atoms with E-state index >= 15 is 0 Å². The lowest BCUT2D eigenvalue weighted by Crippen LogP contribution is -2.17. The number of pyridine rings is 1. The number of fused-ring (bicyclic) bond motifs is 1.